The Morgan fingerprint density at radius 1 is 0.855 bits per heavy atom. The molecule has 346 valence electrons. The number of benzene rings is 1. The van der Waals surface area contributed by atoms with Crippen LogP contribution in [0.5, 0.6) is 0 Å². The molecule has 6 atom stereocenters. The van der Waals surface area contributed by atoms with Crippen molar-refractivity contribution in [1.82, 2.24) is 35.7 Å². The van der Waals surface area contributed by atoms with Crippen LogP contribution in [0.4, 0.5) is 0 Å². The minimum Gasteiger partial charge on any atom is -0.394 e. The van der Waals surface area contributed by atoms with E-state index in [-0.39, 0.29) is 24.7 Å². The lowest BCUT2D eigenvalue weighted by Crippen LogP contribution is -2.61. The van der Waals surface area contributed by atoms with Crippen molar-refractivity contribution in [3.05, 3.63) is 54.1 Å². The molecule has 62 heavy (non-hydrogen) atoms. The number of nitrogens with two attached hydrogens (primary N) is 1. The standard InChI is InChI=1S/C42H67N8O11P/c1-28(2)25-32(46-42(57)35-20-16-23-50(35)30(4)52)39(54)45-33(40(55)47-34(27-51)41(56)48-37(38(43)53)29(3)61-62(58,59)60)26-36-44-21-24-49(36)22-15-10-8-6-5-7-9-12-17-31-18-13-11-14-19-31/h11,13-14,18-19,21,24,28-29,32-35,37,51H,5-10,12,15-17,20,22-23,25-27H2,1-4H3,(H2,43,53)(H,45,54)(H,46,57)(H,47,55)(H,48,56)(H2,58,59,60)/t29-,32+,33+,34+,35+,37+/m1/s1. The summed E-state index contributed by atoms with van der Waals surface area (Å²) in [7, 11) is -5.11. The summed E-state index contributed by atoms with van der Waals surface area (Å²) in [5.41, 5.74) is 6.72. The molecule has 6 amide bonds. The number of unbranched alkanes of at least 4 members (excludes halogenated alkanes) is 7. The van der Waals surface area contributed by atoms with Crippen LogP contribution in [0, 0.1) is 5.92 Å². The van der Waals surface area contributed by atoms with Crippen LogP contribution >= 0.6 is 7.82 Å². The van der Waals surface area contributed by atoms with Crippen molar-refractivity contribution in [2.75, 3.05) is 13.2 Å². The molecule has 1 aliphatic rings. The zero-order valence-corrected chi connectivity index (χ0v) is 37.3. The number of aryl methyl sites for hydroxylation is 2. The molecule has 1 aromatic heterocycles. The molecular formula is C42H67N8O11P. The molecule has 1 saturated heterocycles. The van der Waals surface area contributed by atoms with Gasteiger partial charge in [-0.15, -0.1) is 0 Å². The summed E-state index contributed by atoms with van der Waals surface area (Å²) in [6, 6.07) is 3.71. The highest BCUT2D eigenvalue weighted by atomic mass is 31.2. The van der Waals surface area contributed by atoms with Crippen LogP contribution in [-0.2, 0) is 57.2 Å². The van der Waals surface area contributed by atoms with Gasteiger partial charge in [0.1, 0.15) is 36.0 Å². The van der Waals surface area contributed by atoms with Crippen molar-refractivity contribution < 1.29 is 52.7 Å². The molecule has 1 aliphatic heterocycles. The van der Waals surface area contributed by atoms with Crippen molar-refractivity contribution in [3.63, 3.8) is 0 Å². The fourth-order valence-electron chi connectivity index (χ4n) is 7.52. The highest BCUT2D eigenvalue weighted by molar-refractivity contribution is 7.46. The van der Waals surface area contributed by atoms with Gasteiger partial charge >= 0.3 is 7.82 Å². The van der Waals surface area contributed by atoms with Crippen LogP contribution in [-0.4, -0.2) is 114 Å². The van der Waals surface area contributed by atoms with Crippen LogP contribution in [0.25, 0.3) is 0 Å². The summed E-state index contributed by atoms with van der Waals surface area (Å²) in [5, 5.41) is 20.2. The molecule has 3 rings (SSSR count). The number of nitrogens with one attached hydrogen (secondary N) is 4. The summed E-state index contributed by atoms with van der Waals surface area (Å²) in [4.78, 5) is 103. The van der Waals surface area contributed by atoms with E-state index in [0.717, 1.165) is 45.4 Å². The van der Waals surface area contributed by atoms with Crippen molar-refractivity contribution in [2.45, 2.75) is 154 Å². The Morgan fingerprint density at radius 2 is 1.45 bits per heavy atom. The molecule has 0 radical (unpaired) electrons. The SMILES string of the molecule is CC(=O)N1CCC[C@H]1C(=O)N[C@@H](CC(C)C)C(=O)N[C@@H](Cc1nccn1CCCCCCCCCCc1ccccc1)C(=O)N[C@@H](CO)C(=O)N[C@H](C(N)=O)[C@@H](C)OP(=O)(O)O. The Labute approximate surface area is 363 Å². The lowest BCUT2D eigenvalue weighted by Gasteiger charge is -2.28. The maximum atomic E-state index is 14.0. The Morgan fingerprint density at radius 3 is 2.05 bits per heavy atom. The van der Waals surface area contributed by atoms with Crippen molar-refractivity contribution in [1.29, 1.82) is 0 Å². The van der Waals surface area contributed by atoms with E-state index in [1.807, 2.05) is 24.5 Å². The summed E-state index contributed by atoms with van der Waals surface area (Å²) in [5.74, 6) is -4.39. The minimum atomic E-state index is -5.11. The van der Waals surface area contributed by atoms with Gasteiger partial charge in [0, 0.05) is 38.8 Å². The number of phosphoric ester groups is 1. The first-order valence-corrected chi connectivity index (χ1v) is 23.1. The number of aliphatic hydroxyl groups is 1. The third kappa shape index (κ3) is 18.0. The Balaban J connectivity index is 1.72. The van der Waals surface area contributed by atoms with Gasteiger partial charge in [-0.1, -0.05) is 82.7 Å². The van der Waals surface area contributed by atoms with E-state index in [4.69, 9.17) is 5.73 Å². The molecule has 0 bridgehead atoms. The minimum absolute atomic E-state index is 0.0815. The number of aromatic nitrogens is 2. The Bertz CT molecular complexity index is 1810. The van der Waals surface area contributed by atoms with E-state index in [2.05, 4.69) is 55.0 Å². The van der Waals surface area contributed by atoms with Crippen LogP contribution in [0.3, 0.4) is 0 Å². The molecule has 19 nitrogen and oxygen atoms in total. The van der Waals surface area contributed by atoms with Gasteiger partial charge < -0.3 is 51.4 Å². The van der Waals surface area contributed by atoms with Gasteiger partial charge in [0.2, 0.25) is 35.4 Å². The number of imidazole rings is 1. The summed E-state index contributed by atoms with van der Waals surface area (Å²) >= 11 is 0. The molecule has 9 N–H and O–H groups in total. The predicted octanol–water partition coefficient (Wildman–Crippen LogP) is 1.76. The smallest absolute Gasteiger partial charge is 0.394 e. The number of carbonyl (C=O) groups is 6. The van der Waals surface area contributed by atoms with Gasteiger partial charge in [-0.05, 0) is 56.9 Å². The van der Waals surface area contributed by atoms with Gasteiger partial charge in [0.25, 0.3) is 0 Å². The largest absolute Gasteiger partial charge is 0.469 e. The monoisotopic (exact) mass is 890 g/mol. The van der Waals surface area contributed by atoms with Gasteiger partial charge in [0.05, 0.1) is 12.7 Å². The molecular weight excluding hydrogens is 823 g/mol. The molecule has 0 saturated carbocycles. The number of phosphoric acid groups is 1. The summed E-state index contributed by atoms with van der Waals surface area (Å²) in [6.45, 7) is 6.17. The highest BCUT2D eigenvalue weighted by Crippen LogP contribution is 2.38. The van der Waals surface area contributed by atoms with Crippen molar-refractivity contribution in [2.24, 2.45) is 11.7 Å². The fraction of sp³-hybridized carbons (Fsp3) is 0.643. The zero-order chi connectivity index (χ0) is 45.8. The first kappa shape index (κ1) is 51.7. The maximum absolute atomic E-state index is 14.0. The number of rotatable bonds is 28. The van der Waals surface area contributed by atoms with E-state index in [1.165, 1.54) is 36.6 Å². The summed E-state index contributed by atoms with van der Waals surface area (Å²) in [6.07, 6.45) is 12.6. The van der Waals surface area contributed by atoms with Crippen LogP contribution < -0.4 is 27.0 Å². The first-order valence-electron chi connectivity index (χ1n) is 21.6. The van der Waals surface area contributed by atoms with Gasteiger partial charge in [-0.25, -0.2) is 9.55 Å². The second kappa shape index (κ2) is 26.1. The number of likely N-dealkylation sites (tertiary alicyclic amines) is 1. The number of hydrogen-bond acceptors (Lipinski definition) is 10. The third-order valence-corrected chi connectivity index (χ3v) is 11.4. The number of carbonyl (C=O) groups excluding carboxylic acids is 6. The molecule has 1 aromatic carbocycles. The first-order chi connectivity index (χ1) is 29.4. The Hall–Kier alpha value is -4.68. The second-order valence-corrected chi connectivity index (χ2v) is 17.6. The lowest BCUT2D eigenvalue weighted by molar-refractivity contribution is -0.139. The topological polar surface area (TPSA) is 285 Å². The van der Waals surface area contributed by atoms with Crippen LogP contribution in [0.15, 0.2) is 42.7 Å². The average molecular weight is 891 g/mol. The normalized spacial score (nSPS) is 16.5. The van der Waals surface area contributed by atoms with Gasteiger partial charge in [0.15, 0.2) is 0 Å². The zero-order valence-electron chi connectivity index (χ0n) is 36.4. The second-order valence-electron chi connectivity index (χ2n) is 16.4. The van der Waals surface area contributed by atoms with E-state index in [9.17, 15) is 48.2 Å². The molecule has 0 spiro atoms. The van der Waals surface area contributed by atoms with Crippen LogP contribution in [0.2, 0.25) is 0 Å². The van der Waals surface area contributed by atoms with Crippen molar-refractivity contribution in [3.8, 4) is 0 Å². The number of nitrogens with zero attached hydrogens (tertiary/aromatic N) is 3. The van der Waals surface area contributed by atoms with E-state index < -0.39 is 80.3 Å². The lowest BCUT2D eigenvalue weighted by atomic mass is 10.0. The summed E-state index contributed by atoms with van der Waals surface area (Å²) < 4.78 is 17.8. The predicted molar refractivity (Wildman–Crippen MR) is 229 cm³/mol. The highest BCUT2D eigenvalue weighted by Gasteiger charge is 2.37. The van der Waals surface area contributed by atoms with E-state index >= 15 is 0 Å². The Kier molecular flexibility index (Phi) is 21.7. The molecule has 2 heterocycles. The van der Waals surface area contributed by atoms with Crippen molar-refractivity contribution >= 4 is 43.3 Å². The number of primary amides is 1. The van der Waals surface area contributed by atoms with Gasteiger partial charge in [-0.2, -0.15) is 0 Å². The molecule has 1 fully saturated rings. The molecule has 20 heteroatoms. The number of aliphatic hydroxyl groups excluding tert-OH is 1. The molecule has 0 unspecified atom stereocenters. The molecule has 0 aliphatic carbocycles. The van der Waals surface area contributed by atoms with Crippen LogP contribution in [0.1, 0.15) is 110 Å². The fourth-order valence-corrected chi connectivity index (χ4v) is 8.07. The maximum Gasteiger partial charge on any atom is 0.469 e. The number of amides is 6. The third-order valence-electron chi connectivity index (χ3n) is 10.8. The quantitative estimate of drug-likeness (QED) is 0.0448. The van der Waals surface area contributed by atoms with E-state index in [1.54, 1.807) is 12.4 Å². The molecule has 2 aromatic rings. The average Bonchev–Trinajstić information content (AvgIpc) is 3.89. The van der Waals surface area contributed by atoms with E-state index in [0.29, 0.717) is 31.8 Å². The van der Waals surface area contributed by atoms with Gasteiger partial charge in [-0.3, -0.25) is 33.3 Å². The number of hydrogen-bond donors (Lipinski definition) is 8.